The molecule has 6 rings (SSSR count). The lowest BCUT2D eigenvalue weighted by atomic mass is 10.1. The van der Waals surface area contributed by atoms with E-state index in [0.29, 0.717) is 28.6 Å². The van der Waals surface area contributed by atoms with Crippen LogP contribution in [0, 0.1) is 10.1 Å². The summed E-state index contributed by atoms with van der Waals surface area (Å²) in [6.07, 6.45) is 3.35. The van der Waals surface area contributed by atoms with E-state index in [0.717, 1.165) is 12.1 Å². The molecule has 0 saturated carbocycles. The van der Waals surface area contributed by atoms with Crippen molar-refractivity contribution >= 4 is 54.2 Å². The summed E-state index contributed by atoms with van der Waals surface area (Å²) in [6.45, 7) is 0.345. The Hall–Kier alpha value is -4.37. The molecule has 3 aromatic carbocycles. The number of nitro groups is 1. The summed E-state index contributed by atoms with van der Waals surface area (Å²) in [4.78, 5) is 19.3. The van der Waals surface area contributed by atoms with E-state index in [4.69, 9.17) is 11.6 Å². The van der Waals surface area contributed by atoms with Crippen LogP contribution < -0.4 is 5.32 Å². The number of para-hydroxylation sites is 1. The van der Waals surface area contributed by atoms with E-state index in [-0.39, 0.29) is 45.6 Å². The highest BCUT2D eigenvalue weighted by Gasteiger charge is 2.33. The number of aromatic nitrogens is 3. The predicted octanol–water partition coefficient (Wildman–Crippen LogP) is 4.77. The van der Waals surface area contributed by atoms with Crippen molar-refractivity contribution in [3.8, 4) is 11.3 Å². The summed E-state index contributed by atoms with van der Waals surface area (Å²) in [6, 6.07) is 19.5. The number of nitrogens with one attached hydrogen (secondary N) is 1. The maximum atomic E-state index is 13.5. The third-order valence-corrected chi connectivity index (χ3v) is 11.0. The highest BCUT2D eigenvalue weighted by molar-refractivity contribution is 7.90. The minimum atomic E-state index is -3.93. The Morgan fingerprint density at radius 1 is 0.907 bits per heavy atom. The van der Waals surface area contributed by atoms with Crippen LogP contribution in [0.5, 0.6) is 0 Å². The molecule has 0 amide bonds. The van der Waals surface area contributed by atoms with Crippen LogP contribution in [0.1, 0.15) is 6.42 Å². The molecule has 3 heterocycles. The van der Waals surface area contributed by atoms with Gasteiger partial charge in [-0.25, -0.2) is 30.8 Å². The second-order valence-electron chi connectivity index (χ2n) is 9.81. The number of hydrogen-bond acceptors (Lipinski definition) is 9. The molecule has 0 spiro atoms. The molecule has 0 aliphatic carbocycles. The van der Waals surface area contributed by atoms with E-state index >= 15 is 0 Å². The third-order valence-electron chi connectivity index (χ3n) is 7.15. The average molecular weight is 639 g/mol. The van der Waals surface area contributed by atoms with E-state index in [1.165, 1.54) is 44.9 Å². The van der Waals surface area contributed by atoms with Crippen molar-refractivity contribution in [3.05, 3.63) is 106 Å². The molecule has 220 valence electrons. The predicted molar refractivity (Wildman–Crippen MR) is 161 cm³/mol. The molecule has 12 nitrogen and oxygen atoms in total. The smallest absolute Gasteiger partial charge is 0.269 e. The number of sulfonamides is 1. The molecule has 1 atom stereocenters. The summed E-state index contributed by atoms with van der Waals surface area (Å²) < 4.78 is 55.8. The molecule has 1 aliphatic rings. The highest BCUT2D eigenvalue weighted by Crippen LogP contribution is 2.36. The fourth-order valence-electron chi connectivity index (χ4n) is 5.00. The summed E-state index contributed by atoms with van der Waals surface area (Å²) in [5.41, 5.74) is 1.05. The van der Waals surface area contributed by atoms with Gasteiger partial charge in [0.05, 0.1) is 37.1 Å². The van der Waals surface area contributed by atoms with Crippen molar-refractivity contribution in [2.45, 2.75) is 22.3 Å². The lowest BCUT2D eigenvalue weighted by Crippen LogP contribution is -2.32. The third kappa shape index (κ3) is 5.33. The number of rotatable bonds is 8. The number of nitrogens with zero attached hydrogens (tertiary/aromatic N) is 5. The molecule has 1 unspecified atom stereocenters. The van der Waals surface area contributed by atoms with Gasteiger partial charge in [-0.05, 0) is 36.8 Å². The molecular formula is C28H23ClN6O6S2. The SMILES string of the molecule is O=[N+]([O-])c1ccc(S(=O)(=O)N2CCC(Nc3ncc(Cl)c(-c4cn(S(=O)(=O)c5ccccc5)c5ccccc45)n3)C2)cc1. The lowest BCUT2D eigenvalue weighted by molar-refractivity contribution is -0.384. The van der Waals surface area contributed by atoms with E-state index in [1.54, 1.807) is 42.5 Å². The molecule has 2 aromatic heterocycles. The largest absolute Gasteiger partial charge is 0.350 e. The Morgan fingerprint density at radius 3 is 2.30 bits per heavy atom. The van der Waals surface area contributed by atoms with Gasteiger partial charge in [0.2, 0.25) is 16.0 Å². The Morgan fingerprint density at radius 2 is 1.58 bits per heavy atom. The van der Waals surface area contributed by atoms with Crippen LogP contribution in [0.2, 0.25) is 5.02 Å². The number of non-ortho nitro benzene ring substituents is 1. The lowest BCUT2D eigenvalue weighted by Gasteiger charge is -2.17. The first-order valence-corrected chi connectivity index (χ1v) is 16.3. The Kier molecular flexibility index (Phi) is 7.38. The second-order valence-corrected chi connectivity index (χ2v) is 14.0. The van der Waals surface area contributed by atoms with E-state index in [2.05, 4.69) is 15.3 Å². The Balaban J connectivity index is 1.28. The van der Waals surface area contributed by atoms with Crippen molar-refractivity contribution < 1.29 is 21.8 Å². The van der Waals surface area contributed by atoms with Gasteiger partial charge >= 0.3 is 0 Å². The number of fused-ring (bicyclic) bond motifs is 1. The van der Waals surface area contributed by atoms with Crippen LogP contribution >= 0.6 is 11.6 Å². The van der Waals surface area contributed by atoms with Crippen LogP contribution in [0.3, 0.4) is 0 Å². The first kappa shape index (κ1) is 28.7. The highest BCUT2D eigenvalue weighted by atomic mass is 35.5. The van der Waals surface area contributed by atoms with Gasteiger partial charge in [0, 0.05) is 48.4 Å². The van der Waals surface area contributed by atoms with Crippen molar-refractivity contribution in [2.24, 2.45) is 0 Å². The quantitative estimate of drug-likeness (QED) is 0.187. The van der Waals surface area contributed by atoms with Crippen LogP contribution in [0.15, 0.2) is 101 Å². The number of nitro benzene ring substituents is 1. The van der Waals surface area contributed by atoms with Gasteiger partial charge in [0.1, 0.15) is 0 Å². The van der Waals surface area contributed by atoms with Gasteiger partial charge in [-0.1, -0.05) is 48.0 Å². The fraction of sp³-hybridized carbons (Fsp3) is 0.143. The average Bonchev–Trinajstić information content (AvgIpc) is 3.65. The van der Waals surface area contributed by atoms with Crippen LogP contribution in [0.4, 0.5) is 11.6 Å². The number of hydrogen-bond donors (Lipinski definition) is 1. The van der Waals surface area contributed by atoms with E-state index < -0.39 is 25.0 Å². The molecule has 5 aromatic rings. The number of anilines is 1. The molecule has 0 radical (unpaired) electrons. The van der Waals surface area contributed by atoms with Gasteiger partial charge < -0.3 is 5.32 Å². The van der Waals surface area contributed by atoms with E-state index in [1.807, 2.05) is 0 Å². The zero-order valence-electron chi connectivity index (χ0n) is 22.2. The van der Waals surface area contributed by atoms with Crippen LogP contribution in [-0.4, -0.2) is 59.1 Å². The first-order valence-electron chi connectivity index (χ1n) is 13.0. The Labute approximate surface area is 251 Å². The zero-order valence-corrected chi connectivity index (χ0v) is 24.6. The van der Waals surface area contributed by atoms with Crippen LogP contribution in [0.25, 0.3) is 22.2 Å². The monoisotopic (exact) mass is 638 g/mol. The summed E-state index contributed by atoms with van der Waals surface area (Å²) in [5.74, 6) is 0.196. The van der Waals surface area contributed by atoms with Crippen molar-refractivity contribution in [3.63, 3.8) is 0 Å². The Bertz CT molecular complexity index is 2070. The minimum Gasteiger partial charge on any atom is -0.350 e. The standard InChI is InChI=1S/C28H23ClN6O6S2/c29-25-16-30-28(31-19-14-15-33(17-19)42(38,39)22-12-10-20(11-13-22)35(36)37)32-27(25)24-18-34(26-9-5-4-8-23(24)26)43(40,41)21-6-2-1-3-7-21/h1-13,16,18-19H,14-15,17H2,(H,30,31,32). The van der Waals surface area contributed by atoms with Crippen LogP contribution in [-0.2, 0) is 20.0 Å². The molecule has 1 fully saturated rings. The van der Waals surface area contributed by atoms with E-state index in [9.17, 15) is 26.9 Å². The van der Waals surface area contributed by atoms with Crippen molar-refractivity contribution in [1.29, 1.82) is 0 Å². The summed E-state index contributed by atoms with van der Waals surface area (Å²) in [7, 11) is -7.80. The fourth-order valence-corrected chi connectivity index (χ4v) is 8.09. The topological polar surface area (TPSA) is 157 Å². The molecule has 1 aliphatic heterocycles. The first-order chi connectivity index (χ1) is 20.6. The molecular weight excluding hydrogens is 616 g/mol. The summed E-state index contributed by atoms with van der Waals surface area (Å²) in [5, 5.41) is 14.9. The van der Waals surface area contributed by atoms with Gasteiger partial charge in [-0.15, -0.1) is 0 Å². The second kappa shape index (κ2) is 11.0. The molecule has 1 saturated heterocycles. The summed E-state index contributed by atoms with van der Waals surface area (Å²) >= 11 is 6.53. The maximum absolute atomic E-state index is 13.5. The minimum absolute atomic E-state index is 0.0365. The number of halogens is 1. The molecule has 1 N–H and O–H groups in total. The maximum Gasteiger partial charge on any atom is 0.269 e. The van der Waals surface area contributed by atoms with Gasteiger partial charge in [-0.2, -0.15) is 4.31 Å². The normalized spacial score (nSPS) is 16.0. The number of benzene rings is 3. The van der Waals surface area contributed by atoms with Gasteiger partial charge in [-0.3, -0.25) is 10.1 Å². The molecule has 43 heavy (non-hydrogen) atoms. The van der Waals surface area contributed by atoms with Crippen molar-refractivity contribution in [2.75, 3.05) is 18.4 Å². The molecule has 0 bridgehead atoms. The zero-order chi connectivity index (χ0) is 30.4. The van der Waals surface area contributed by atoms with Crippen molar-refractivity contribution in [1.82, 2.24) is 18.2 Å². The molecule has 15 heteroatoms. The van der Waals surface area contributed by atoms with Gasteiger partial charge in [0.15, 0.2) is 0 Å². The van der Waals surface area contributed by atoms with Gasteiger partial charge in [0.25, 0.3) is 15.7 Å².